The highest BCUT2D eigenvalue weighted by atomic mass is 19.2. The normalized spacial score (nSPS) is 12.2. The summed E-state index contributed by atoms with van der Waals surface area (Å²) in [4.78, 5) is 0. The summed E-state index contributed by atoms with van der Waals surface area (Å²) < 4.78 is 49.9. The van der Waals surface area contributed by atoms with Crippen molar-refractivity contribution in [2.45, 2.75) is 0 Å². The molecule has 86 valence electrons. The van der Waals surface area contributed by atoms with Crippen molar-refractivity contribution in [2.75, 3.05) is 0 Å². The van der Waals surface area contributed by atoms with Gasteiger partial charge >= 0.3 is 0 Å². The van der Waals surface area contributed by atoms with Crippen LogP contribution in [0.1, 0.15) is 0 Å². The number of hydrogen-bond donors (Lipinski definition) is 0. The SMILES string of the molecule is C=C(/C=C(/F)C(=C)F)C(=C)/C=C(/F)C(=C)F. The van der Waals surface area contributed by atoms with Gasteiger partial charge in [0.05, 0.1) is 0 Å². The molecular formula is C12H10F4. The number of rotatable bonds is 5. The molecule has 0 aromatic heterocycles. The molecule has 0 aromatic carbocycles. The molecule has 0 amide bonds. The van der Waals surface area contributed by atoms with Gasteiger partial charge in [0.25, 0.3) is 0 Å². The molecule has 0 aromatic rings. The van der Waals surface area contributed by atoms with Crippen LogP contribution in [-0.2, 0) is 0 Å². The van der Waals surface area contributed by atoms with E-state index >= 15 is 0 Å². The third-order valence-electron chi connectivity index (χ3n) is 1.53. The van der Waals surface area contributed by atoms with Crippen LogP contribution >= 0.6 is 0 Å². The summed E-state index contributed by atoms with van der Waals surface area (Å²) in [6.45, 7) is 12.0. The van der Waals surface area contributed by atoms with E-state index in [1.165, 1.54) is 0 Å². The predicted molar refractivity (Wildman–Crippen MR) is 57.2 cm³/mol. The maximum Gasteiger partial charge on any atom is 0.158 e. The second-order valence-electron chi connectivity index (χ2n) is 2.84. The van der Waals surface area contributed by atoms with Gasteiger partial charge in [-0.15, -0.1) is 0 Å². The maximum atomic E-state index is 12.7. The molecule has 0 aliphatic heterocycles. The third-order valence-corrected chi connectivity index (χ3v) is 1.53. The molecule has 0 bridgehead atoms. The number of halogens is 4. The Labute approximate surface area is 91.3 Å². The van der Waals surface area contributed by atoms with E-state index in [4.69, 9.17) is 0 Å². The monoisotopic (exact) mass is 230 g/mol. The van der Waals surface area contributed by atoms with Crippen molar-refractivity contribution in [3.63, 3.8) is 0 Å². The third kappa shape index (κ3) is 4.59. The largest absolute Gasteiger partial charge is 0.204 e. The van der Waals surface area contributed by atoms with Gasteiger partial charge in [-0.05, 0) is 23.3 Å². The highest BCUT2D eigenvalue weighted by Crippen LogP contribution is 2.20. The zero-order valence-corrected chi connectivity index (χ0v) is 8.49. The molecule has 0 aliphatic rings. The van der Waals surface area contributed by atoms with Gasteiger partial charge in [0.1, 0.15) is 0 Å². The van der Waals surface area contributed by atoms with Crippen LogP contribution in [0.25, 0.3) is 0 Å². The Balaban J connectivity index is 4.85. The van der Waals surface area contributed by atoms with Crippen LogP contribution in [0.15, 0.2) is 72.9 Å². The van der Waals surface area contributed by atoms with Crippen LogP contribution in [0.3, 0.4) is 0 Å². The van der Waals surface area contributed by atoms with Crippen LogP contribution < -0.4 is 0 Å². The Morgan fingerprint density at radius 3 is 1.06 bits per heavy atom. The molecule has 0 aliphatic carbocycles. The highest BCUT2D eigenvalue weighted by Gasteiger charge is 2.05. The molecule has 0 atom stereocenters. The van der Waals surface area contributed by atoms with Crippen molar-refractivity contribution in [2.24, 2.45) is 0 Å². The first-order valence-corrected chi connectivity index (χ1v) is 4.07. The predicted octanol–water partition coefficient (Wildman–Crippen LogP) is 4.77. The van der Waals surface area contributed by atoms with E-state index in [0.29, 0.717) is 12.2 Å². The van der Waals surface area contributed by atoms with Gasteiger partial charge < -0.3 is 0 Å². The number of hydrogen-bond acceptors (Lipinski definition) is 0. The molecule has 0 N–H and O–H groups in total. The van der Waals surface area contributed by atoms with Crippen LogP contribution in [-0.4, -0.2) is 0 Å². The second-order valence-corrected chi connectivity index (χ2v) is 2.84. The smallest absolute Gasteiger partial charge is 0.158 e. The van der Waals surface area contributed by atoms with Crippen molar-refractivity contribution in [3.05, 3.63) is 72.9 Å². The fourth-order valence-corrected chi connectivity index (χ4v) is 0.648. The Bertz CT molecular complexity index is 371. The Kier molecular flexibility index (Phi) is 5.22. The molecule has 0 heterocycles. The standard InChI is InChI=1S/C12H10F4/c1-7(5-11(15)9(3)13)8(2)6-12(16)10(4)14/h5-6H,1-4H2/b11-5+,12-6+. The Morgan fingerprint density at radius 1 is 0.625 bits per heavy atom. The summed E-state index contributed by atoms with van der Waals surface area (Å²) in [6.07, 6.45) is 1.35. The van der Waals surface area contributed by atoms with Gasteiger partial charge in [0.2, 0.25) is 0 Å². The van der Waals surface area contributed by atoms with Crippen molar-refractivity contribution in [1.82, 2.24) is 0 Å². The van der Waals surface area contributed by atoms with Crippen molar-refractivity contribution in [3.8, 4) is 0 Å². The minimum Gasteiger partial charge on any atom is -0.204 e. The van der Waals surface area contributed by atoms with E-state index in [2.05, 4.69) is 26.3 Å². The van der Waals surface area contributed by atoms with Gasteiger partial charge in [-0.3, -0.25) is 0 Å². The number of allylic oxidation sites excluding steroid dienone is 8. The van der Waals surface area contributed by atoms with Crippen LogP contribution in [0.4, 0.5) is 17.6 Å². The fraction of sp³-hybridized carbons (Fsp3) is 0. The first-order chi connectivity index (χ1) is 7.25. The minimum absolute atomic E-state index is 0.104. The van der Waals surface area contributed by atoms with Crippen LogP contribution in [0, 0.1) is 0 Å². The van der Waals surface area contributed by atoms with Crippen LogP contribution in [0.5, 0.6) is 0 Å². The van der Waals surface area contributed by atoms with E-state index in [0.717, 1.165) is 0 Å². The lowest BCUT2D eigenvalue weighted by atomic mass is 10.1. The van der Waals surface area contributed by atoms with Crippen LogP contribution in [0.2, 0.25) is 0 Å². The molecule has 4 heteroatoms. The Hall–Kier alpha value is -1.84. The molecule has 0 saturated heterocycles. The van der Waals surface area contributed by atoms with Crippen molar-refractivity contribution < 1.29 is 17.6 Å². The van der Waals surface area contributed by atoms with Gasteiger partial charge in [-0.2, -0.15) is 0 Å². The highest BCUT2D eigenvalue weighted by molar-refractivity contribution is 5.46. The lowest BCUT2D eigenvalue weighted by Gasteiger charge is -2.00. The summed E-state index contributed by atoms with van der Waals surface area (Å²) >= 11 is 0. The first-order valence-electron chi connectivity index (χ1n) is 4.07. The molecule has 0 spiro atoms. The minimum atomic E-state index is -1.28. The molecule has 0 fully saturated rings. The Morgan fingerprint density at radius 2 is 0.875 bits per heavy atom. The molecule has 0 unspecified atom stereocenters. The van der Waals surface area contributed by atoms with Gasteiger partial charge in [0.15, 0.2) is 23.3 Å². The lowest BCUT2D eigenvalue weighted by Crippen LogP contribution is -1.84. The maximum absolute atomic E-state index is 12.7. The topological polar surface area (TPSA) is 0 Å². The molecule has 0 rings (SSSR count). The molecule has 16 heavy (non-hydrogen) atoms. The average molecular weight is 230 g/mol. The van der Waals surface area contributed by atoms with E-state index in [1.807, 2.05) is 0 Å². The fourth-order valence-electron chi connectivity index (χ4n) is 0.648. The van der Waals surface area contributed by atoms with Gasteiger partial charge in [-0.25, -0.2) is 17.6 Å². The summed E-state index contributed by atoms with van der Waals surface area (Å²) in [5.41, 5.74) is -0.208. The van der Waals surface area contributed by atoms with E-state index in [-0.39, 0.29) is 11.1 Å². The van der Waals surface area contributed by atoms with E-state index in [1.54, 1.807) is 0 Å². The summed E-state index contributed by atoms with van der Waals surface area (Å²) in [5, 5.41) is 0. The molecule has 0 nitrogen and oxygen atoms in total. The van der Waals surface area contributed by atoms with Gasteiger partial charge in [0, 0.05) is 0 Å². The molecule has 0 saturated carbocycles. The lowest BCUT2D eigenvalue weighted by molar-refractivity contribution is 0.546. The zero-order chi connectivity index (χ0) is 12.9. The van der Waals surface area contributed by atoms with Gasteiger partial charge in [-0.1, -0.05) is 26.3 Å². The van der Waals surface area contributed by atoms with E-state index < -0.39 is 23.3 Å². The first kappa shape index (κ1) is 14.2. The summed E-state index contributed by atoms with van der Waals surface area (Å²) in [5.74, 6) is -5.07. The van der Waals surface area contributed by atoms with E-state index in [9.17, 15) is 17.6 Å². The van der Waals surface area contributed by atoms with Crippen molar-refractivity contribution >= 4 is 0 Å². The molecule has 0 radical (unpaired) electrons. The van der Waals surface area contributed by atoms with Crippen molar-refractivity contribution in [1.29, 1.82) is 0 Å². The summed E-state index contributed by atoms with van der Waals surface area (Å²) in [7, 11) is 0. The quantitative estimate of drug-likeness (QED) is 0.471. The molecular weight excluding hydrogens is 220 g/mol. The average Bonchev–Trinajstić information content (AvgIpc) is 2.16. The summed E-state index contributed by atoms with van der Waals surface area (Å²) in [6, 6.07) is 0. The zero-order valence-electron chi connectivity index (χ0n) is 8.49. The second kappa shape index (κ2) is 5.90.